The Morgan fingerprint density at radius 2 is 1.91 bits per heavy atom. The first-order valence-corrected chi connectivity index (χ1v) is 7.41. The number of rotatable bonds is 5. The van der Waals surface area contributed by atoms with E-state index in [1.165, 1.54) is 12.1 Å². The maximum absolute atomic E-state index is 13.4. The second-order valence-electron chi connectivity index (χ2n) is 5.72. The van der Waals surface area contributed by atoms with Crippen LogP contribution in [-0.4, -0.2) is 17.6 Å². The summed E-state index contributed by atoms with van der Waals surface area (Å²) in [5.74, 6) is -0.405. The maximum atomic E-state index is 13.4. The number of hydrogen-bond donors (Lipinski definition) is 2. The lowest BCUT2D eigenvalue weighted by molar-refractivity contribution is -0.118. The Labute approximate surface area is 128 Å². The summed E-state index contributed by atoms with van der Waals surface area (Å²) < 4.78 is 13.4. The van der Waals surface area contributed by atoms with Crippen LogP contribution in [0.25, 0.3) is 0 Å². The molecule has 1 aliphatic rings. The number of halogens is 1. The highest BCUT2D eigenvalue weighted by Gasteiger charge is 2.51. The molecular formula is C18H18FNO2. The fourth-order valence-electron chi connectivity index (χ4n) is 2.69. The van der Waals surface area contributed by atoms with Crippen molar-refractivity contribution >= 4 is 11.6 Å². The number of benzene rings is 2. The number of amides is 1. The van der Waals surface area contributed by atoms with Crippen LogP contribution in [0.5, 0.6) is 0 Å². The Balaban J connectivity index is 1.74. The van der Waals surface area contributed by atoms with Crippen molar-refractivity contribution in [3.05, 3.63) is 65.5 Å². The number of nitrogens with one attached hydrogen (secondary N) is 1. The van der Waals surface area contributed by atoms with Crippen LogP contribution in [0.1, 0.15) is 24.0 Å². The van der Waals surface area contributed by atoms with Crippen LogP contribution in [0, 0.1) is 5.82 Å². The monoisotopic (exact) mass is 299 g/mol. The van der Waals surface area contributed by atoms with Gasteiger partial charge in [0.2, 0.25) is 5.91 Å². The van der Waals surface area contributed by atoms with Crippen molar-refractivity contribution in [2.24, 2.45) is 0 Å². The molecule has 22 heavy (non-hydrogen) atoms. The van der Waals surface area contributed by atoms with Crippen molar-refractivity contribution in [2.75, 3.05) is 11.9 Å². The van der Waals surface area contributed by atoms with Crippen LogP contribution in [0.15, 0.2) is 48.5 Å². The molecule has 0 unspecified atom stereocenters. The normalized spacial score (nSPS) is 15.4. The Bertz CT molecular complexity index is 678. The summed E-state index contributed by atoms with van der Waals surface area (Å²) in [6.07, 6.45) is 2.08. The van der Waals surface area contributed by atoms with E-state index in [0.717, 1.165) is 29.7 Å². The average Bonchev–Trinajstić information content (AvgIpc) is 3.31. The van der Waals surface area contributed by atoms with E-state index in [9.17, 15) is 9.18 Å². The molecule has 3 rings (SSSR count). The molecule has 114 valence electrons. The largest absolute Gasteiger partial charge is 0.396 e. The first-order chi connectivity index (χ1) is 10.6. The molecule has 0 bridgehead atoms. The smallest absolute Gasteiger partial charge is 0.235 e. The van der Waals surface area contributed by atoms with E-state index in [1.54, 1.807) is 12.1 Å². The Kier molecular flexibility index (Phi) is 3.94. The van der Waals surface area contributed by atoms with Gasteiger partial charge in [-0.2, -0.15) is 0 Å². The Morgan fingerprint density at radius 3 is 2.50 bits per heavy atom. The minimum atomic E-state index is -0.591. The van der Waals surface area contributed by atoms with E-state index in [4.69, 9.17) is 5.11 Å². The van der Waals surface area contributed by atoms with E-state index in [-0.39, 0.29) is 18.3 Å². The Hall–Kier alpha value is -2.20. The SMILES string of the molecule is O=C(Nc1ccc(CCO)cc1)C1(c2cccc(F)c2)CC1. The molecule has 1 saturated carbocycles. The standard InChI is InChI=1S/C18H18FNO2/c19-15-3-1-2-14(12-15)18(9-10-18)17(22)20-16-6-4-13(5-7-16)8-11-21/h1-7,12,21H,8-11H2,(H,20,22). The molecular weight excluding hydrogens is 281 g/mol. The molecule has 1 aliphatic carbocycles. The van der Waals surface area contributed by atoms with E-state index >= 15 is 0 Å². The summed E-state index contributed by atoms with van der Waals surface area (Å²) in [5.41, 5.74) is 1.88. The minimum absolute atomic E-state index is 0.0898. The number of anilines is 1. The van der Waals surface area contributed by atoms with E-state index in [1.807, 2.05) is 24.3 Å². The second kappa shape index (κ2) is 5.89. The third-order valence-electron chi connectivity index (χ3n) is 4.17. The fraction of sp³-hybridized carbons (Fsp3) is 0.278. The van der Waals surface area contributed by atoms with Gasteiger partial charge in [-0.1, -0.05) is 24.3 Å². The lowest BCUT2D eigenvalue weighted by Crippen LogP contribution is -2.27. The quantitative estimate of drug-likeness (QED) is 0.891. The molecule has 2 N–H and O–H groups in total. The zero-order valence-electron chi connectivity index (χ0n) is 12.2. The first-order valence-electron chi connectivity index (χ1n) is 7.41. The molecule has 0 radical (unpaired) electrons. The van der Waals surface area contributed by atoms with Gasteiger partial charge in [-0.25, -0.2) is 4.39 Å². The summed E-state index contributed by atoms with van der Waals surface area (Å²) in [6.45, 7) is 0.106. The van der Waals surface area contributed by atoms with Crippen LogP contribution in [-0.2, 0) is 16.6 Å². The van der Waals surface area contributed by atoms with E-state index < -0.39 is 5.41 Å². The summed E-state index contributed by atoms with van der Waals surface area (Å²) in [5, 5.41) is 11.8. The fourth-order valence-corrected chi connectivity index (χ4v) is 2.69. The maximum Gasteiger partial charge on any atom is 0.235 e. The van der Waals surface area contributed by atoms with Gasteiger partial charge in [0.1, 0.15) is 5.82 Å². The Morgan fingerprint density at radius 1 is 1.18 bits per heavy atom. The van der Waals surface area contributed by atoms with Crippen molar-refractivity contribution in [1.82, 2.24) is 0 Å². The zero-order chi connectivity index (χ0) is 15.6. The lowest BCUT2D eigenvalue weighted by Gasteiger charge is -2.16. The van der Waals surface area contributed by atoms with Gasteiger partial charge < -0.3 is 10.4 Å². The third kappa shape index (κ3) is 2.88. The van der Waals surface area contributed by atoms with Gasteiger partial charge in [0.25, 0.3) is 0 Å². The minimum Gasteiger partial charge on any atom is -0.396 e. The molecule has 1 amide bonds. The molecule has 1 fully saturated rings. The average molecular weight is 299 g/mol. The molecule has 3 nitrogen and oxygen atoms in total. The van der Waals surface area contributed by atoms with Crippen molar-refractivity contribution in [3.63, 3.8) is 0 Å². The van der Waals surface area contributed by atoms with Crippen molar-refractivity contribution < 1.29 is 14.3 Å². The number of aliphatic hydroxyl groups excluding tert-OH is 1. The molecule has 0 heterocycles. The van der Waals surface area contributed by atoms with Crippen LogP contribution in [0.4, 0.5) is 10.1 Å². The van der Waals surface area contributed by atoms with Crippen molar-refractivity contribution in [3.8, 4) is 0 Å². The van der Waals surface area contributed by atoms with E-state index in [0.29, 0.717) is 6.42 Å². The molecule has 4 heteroatoms. The van der Waals surface area contributed by atoms with Crippen molar-refractivity contribution in [2.45, 2.75) is 24.7 Å². The van der Waals surface area contributed by atoms with Gasteiger partial charge in [0, 0.05) is 12.3 Å². The van der Waals surface area contributed by atoms with Crippen LogP contribution >= 0.6 is 0 Å². The van der Waals surface area contributed by atoms with Crippen LogP contribution in [0.2, 0.25) is 0 Å². The molecule has 0 spiro atoms. The van der Waals surface area contributed by atoms with Gasteiger partial charge in [-0.05, 0) is 54.7 Å². The highest BCUT2D eigenvalue weighted by Crippen LogP contribution is 2.49. The predicted molar refractivity (Wildman–Crippen MR) is 83.2 cm³/mol. The lowest BCUT2D eigenvalue weighted by atomic mass is 9.94. The molecule has 0 aliphatic heterocycles. The number of hydrogen-bond acceptors (Lipinski definition) is 2. The van der Waals surface area contributed by atoms with Gasteiger partial charge in [0.05, 0.1) is 5.41 Å². The van der Waals surface area contributed by atoms with Crippen LogP contribution in [0.3, 0.4) is 0 Å². The number of aliphatic hydroxyl groups is 1. The highest BCUT2D eigenvalue weighted by atomic mass is 19.1. The van der Waals surface area contributed by atoms with Gasteiger partial charge in [-0.15, -0.1) is 0 Å². The summed E-state index contributed by atoms with van der Waals surface area (Å²) in [7, 11) is 0. The third-order valence-corrected chi connectivity index (χ3v) is 4.17. The second-order valence-corrected chi connectivity index (χ2v) is 5.72. The van der Waals surface area contributed by atoms with Gasteiger partial charge in [0.15, 0.2) is 0 Å². The summed E-state index contributed by atoms with van der Waals surface area (Å²) in [6, 6.07) is 13.7. The highest BCUT2D eigenvalue weighted by molar-refractivity contribution is 6.01. The van der Waals surface area contributed by atoms with Gasteiger partial charge in [-0.3, -0.25) is 4.79 Å². The van der Waals surface area contributed by atoms with Crippen molar-refractivity contribution in [1.29, 1.82) is 0 Å². The molecule has 2 aromatic carbocycles. The summed E-state index contributed by atoms with van der Waals surface area (Å²) >= 11 is 0. The van der Waals surface area contributed by atoms with Gasteiger partial charge >= 0.3 is 0 Å². The molecule has 0 saturated heterocycles. The zero-order valence-corrected chi connectivity index (χ0v) is 12.2. The summed E-state index contributed by atoms with van der Waals surface area (Å²) in [4.78, 5) is 12.5. The van der Waals surface area contributed by atoms with Crippen LogP contribution < -0.4 is 5.32 Å². The topological polar surface area (TPSA) is 49.3 Å². The first kappa shape index (κ1) is 14.7. The molecule has 0 aromatic heterocycles. The number of carbonyl (C=O) groups is 1. The number of carbonyl (C=O) groups excluding carboxylic acids is 1. The predicted octanol–water partition coefficient (Wildman–Crippen LogP) is 3.03. The van der Waals surface area contributed by atoms with E-state index in [2.05, 4.69) is 5.32 Å². The molecule has 0 atom stereocenters. The molecule has 2 aromatic rings.